The van der Waals surface area contributed by atoms with Crippen LogP contribution in [0.3, 0.4) is 0 Å². The lowest BCUT2D eigenvalue weighted by molar-refractivity contribution is 0.195. The molecule has 0 saturated carbocycles. The fraction of sp³-hybridized carbons (Fsp3) is 0.500. The molecule has 2 aromatic rings. The summed E-state index contributed by atoms with van der Waals surface area (Å²) in [4.78, 5) is 5.53. The van der Waals surface area contributed by atoms with E-state index in [1.165, 1.54) is 0 Å². The van der Waals surface area contributed by atoms with Crippen molar-refractivity contribution < 1.29 is 4.74 Å². The molecule has 1 unspecified atom stereocenters. The van der Waals surface area contributed by atoms with Crippen molar-refractivity contribution >= 4 is 27.9 Å². The number of rotatable bonds is 5. The van der Waals surface area contributed by atoms with Gasteiger partial charge in [-0.05, 0) is 12.8 Å². The maximum atomic E-state index is 6.05. The SMILES string of the molecule is COCC(Cl)CCc1cn2ccsc2n1. The van der Waals surface area contributed by atoms with Crippen LogP contribution in [0.5, 0.6) is 0 Å². The molecule has 0 aliphatic heterocycles. The molecule has 0 amide bonds. The molecule has 2 heterocycles. The van der Waals surface area contributed by atoms with Crippen molar-refractivity contribution in [2.24, 2.45) is 0 Å². The molecule has 0 bridgehead atoms. The van der Waals surface area contributed by atoms with Crippen molar-refractivity contribution in [3.8, 4) is 0 Å². The van der Waals surface area contributed by atoms with Gasteiger partial charge >= 0.3 is 0 Å². The number of fused-ring (bicyclic) bond motifs is 1. The summed E-state index contributed by atoms with van der Waals surface area (Å²) >= 11 is 7.69. The summed E-state index contributed by atoms with van der Waals surface area (Å²) in [6.45, 7) is 0.601. The molecule has 82 valence electrons. The van der Waals surface area contributed by atoms with Crippen molar-refractivity contribution in [2.75, 3.05) is 13.7 Å². The van der Waals surface area contributed by atoms with Gasteiger partial charge in [0.2, 0.25) is 0 Å². The molecule has 0 N–H and O–H groups in total. The minimum atomic E-state index is 0.0785. The van der Waals surface area contributed by atoms with Crippen molar-refractivity contribution in [1.82, 2.24) is 9.38 Å². The van der Waals surface area contributed by atoms with Gasteiger partial charge in [-0.1, -0.05) is 0 Å². The summed E-state index contributed by atoms with van der Waals surface area (Å²) in [5, 5.41) is 2.11. The number of alkyl halides is 1. The molecule has 5 heteroatoms. The lowest BCUT2D eigenvalue weighted by atomic mass is 10.2. The Labute approximate surface area is 97.7 Å². The van der Waals surface area contributed by atoms with Gasteiger partial charge in [-0.25, -0.2) is 4.98 Å². The maximum absolute atomic E-state index is 6.05. The fourth-order valence-corrected chi connectivity index (χ4v) is 2.42. The molecule has 3 nitrogen and oxygen atoms in total. The molecule has 2 aromatic heterocycles. The Bertz CT molecular complexity index is 397. The summed E-state index contributed by atoms with van der Waals surface area (Å²) in [6.07, 6.45) is 5.89. The monoisotopic (exact) mass is 244 g/mol. The summed E-state index contributed by atoms with van der Waals surface area (Å²) in [6, 6.07) is 0. The summed E-state index contributed by atoms with van der Waals surface area (Å²) in [7, 11) is 1.67. The highest BCUT2D eigenvalue weighted by atomic mass is 35.5. The van der Waals surface area contributed by atoms with Crippen LogP contribution in [-0.2, 0) is 11.2 Å². The molecule has 0 spiro atoms. The molecule has 0 saturated heterocycles. The van der Waals surface area contributed by atoms with Gasteiger partial charge in [0.15, 0.2) is 4.96 Å². The molecule has 0 aliphatic rings. The second-order valence-electron chi connectivity index (χ2n) is 3.42. The third-order valence-electron chi connectivity index (χ3n) is 2.20. The van der Waals surface area contributed by atoms with E-state index in [0.717, 1.165) is 23.5 Å². The zero-order valence-electron chi connectivity index (χ0n) is 8.52. The van der Waals surface area contributed by atoms with Gasteiger partial charge in [-0.15, -0.1) is 22.9 Å². The van der Waals surface area contributed by atoms with Crippen LogP contribution in [0.25, 0.3) is 4.96 Å². The van der Waals surface area contributed by atoms with E-state index in [2.05, 4.69) is 11.2 Å². The van der Waals surface area contributed by atoms with E-state index in [4.69, 9.17) is 16.3 Å². The minimum Gasteiger partial charge on any atom is -0.383 e. The van der Waals surface area contributed by atoms with E-state index in [1.54, 1.807) is 18.4 Å². The Balaban J connectivity index is 1.92. The largest absolute Gasteiger partial charge is 0.383 e. The van der Waals surface area contributed by atoms with Crippen LogP contribution < -0.4 is 0 Å². The van der Waals surface area contributed by atoms with Crippen LogP contribution in [0, 0.1) is 0 Å². The quantitative estimate of drug-likeness (QED) is 0.756. The Hall–Kier alpha value is -0.580. The molecule has 0 fully saturated rings. The topological polar surface area (TPSA) is 26.5 Å². The fourth-order valence-electron chi connectivity index (χ4n) is 1.47. The smallest absolute Gasteiger partial charge is 0.193 e. The number of thiazole rings is 1. The highest BCUT2D eigenvalue weighted by Gasteiger charge is 2.07. The van der Waals surface area contributed by atoms with E-state index in [0.29, 0.717) is 6.61 Å². The molecular weight excluding hydrogens is 232 g/mol. The first-order valence-electron chi connectivity index (χ1n) is 4.83. The van der Waals surface area contributed by atoms with Crippen LogP contribution in [0.4, 0.5) is 0 Å². The van der Waals surface area contributed by atoms with E-state index >= 15 is 0 Å². The average molecular weight is 245 g/mol. The summed E-state index contributed by atoms with van der Waals surface area (Å²) < 4.78 is 7.02. The number of halogens is 1. The van der Waals surface area contributed by atoms with Gasteiger partial charge in [0.05, 0.1) is 17.7 Å². The number of methoxy groups -OCH3 is 1. The van der Waals surface area contributed by atoms with Crippen molar-refractivity contribution in [2.45, 2.75) is 18.2 Å². The lowest BCUT2D eigenvalue weighted by Crippen LogP contribution is -2.08. The van der Waals surface area contributed by atoms with E-state index < -0.39 is 0 Å². The Morgan fingerprint density at radius 1 is 1.67 bits per heavy atom. The van der Waals surface area contributed by atoms with E-state index in [-0.39, 0.29) is 5.38 Å². The van der Waals surface area contributed by atoms with Crippen LogP contribution in [-0.4, -0.2) is 28.5 Å². The normalized spacial score (nSPS) is 13.5. The van der Waals surface area contributed by atoms with Gasteiger partial charge in [-0.3, -0.25) is 4.40 Å². The van der Waals surface area contributed by atoms with Crippen LogP contribution in [0.15, 0.2) is 17.8 Å². The molecule has 0 aliphatic carbocycles. The van der Waals surface area contributed by atoms with Crippen LogP contribution >= 0.6 is 22.9 Å². The predicted molar refractivity (Wildman–Crippen MR) is 62.9 cm³/mol. The van der Waals surface area contributed by atoms with Crippen LogP contribution in [0.1, 0.15) is 12.1 Å². The highest BCUT2D eigenvalue weighted by Crippen LogP contribution is 2.14. The molecule has 2 rings (SSSR count). The van der Waals surface area contributed by atoms with Gasteiger partial charge < -0.3 is 4.74 Å². The lowest BCUT2D eigenvalue weighted by Gasteiger charge is -2.05. The Morgan fingerprint density at radius 2 is 2.53 bits per heavy atom. The number of aromatic nitrogens is 2. The number of aryl methyl sites for hydroxylation is 1. The van der Waals surface area contributed by atoms with Crippen LogP contribution in [0.2, 0.25) is 0 Å². The first kappa shape index (κ1) is 10.9. The second-order valence-corrected chi connectivity index (χ2v) is 4.91. The third kappa shape index (κ3) is 2.71. The Morgan fingerprint density at radius 3 is 3.27 bits per heavy atom. The number of hydrogen-bond acceptors (Lipinski definition) is 3. The standard InChI is InChI=1S/C10H13ClN2OS/c1-14-7-8(11)2-3-9-6-13-4-5-15-10(13)12-9/h4-6,8H,2-3,7H2,1H3. The first-order chi connectivity index (χ1) is 7.29. The highest BCUT2D eigenvalue weighted by molar-refractivity contribution is 7.15. The number of nitrogens with zero attached hydrogens (tertiary/aromatic N) is 2. The number of hydrogen-bond donors (Lipinski definition) is 0. The number of ether oxygens (including phenoxy) is 1. The minimum absolute atomic E-state index is 0.0785. The van der Waals surface area contributed by atoms with E-state index in [1.807, 2.05) is 16.0 Å². The summed E-state index contributed by atoms with van der Waals surface area (Å²) in [5.41, 5.74) is 1.10. The average Bonchev–Trinajstić information content (AvgIpc) is 2.74. The van der Waals surface area contributed by atoms with Gasteiger partial charge in [-0.2, -0.15) is 0 Å². The zero-order chi connectivity index (χ0) is 10.7. The molecule has 1 atom stereocenters. The molecule has 0 aromatic carbocycles. The number of imidazole rings is 1. The predicted octanol–water partition coefficient (Wildman–Crippen LogP) is 2.58. The first-order valence-corrected chi connectivity index (χ1v) is 6.15. The van der Waals surface area contributed by atoms with E-state index in [9.17, 15) is 0 Å². The summed E-state index contributed by atoms with van der Waals surface area (Å²) in [5.74, 6) is 0. The van der Waals surface area contributed by atoms with Crippen molar-refractivity contribution in [3.05, 3.63) is 23.5 Å². The maximum Gasteiger partial charge on any atom is 0.193 e. The van der Waals surface area contributed by atoms with Crippen molar-refractivity contribution in [1.29, 1.82) is 0 Å². The molecule has 0 radical (unpaired) electrons. The van der Waals surface area contributed by atoms with Crippen molar-refractivity contribution in [3.63, 3.8) is 0 Å². The molecule has 15 heavy (non-hydrogen) atoms. The molecular formula is C10H13ClN2OS. The van der Waals surface area contributed by atoms with Gasteiger partial charge in [0.1, 0.15) is 0 Å². The second kappa shape index (κ2) is 4.96. The van der Waals surface area contributed by atoms with Gasteiger partial charge in [0, 0.05) is 24.9 Å². The third-order valence-corrected chi connectivity index (χ3v) is 3.32. The Kier molecular flexibility index (Phi) is 3.61. The zero-order valence-corrected chi connectivity index (χ0v) is 10.1. The van der Waals surface area contributed by atoms with Gasteiger partial charge in [0.25, 0.3) is 0 Å².